The van der Waals surface area contributed by atoms with Crippen LogP contribution in [0.3, 0.4) is 0 Å². The van der Waals surface area contributed by atoms with Crippen molar-refractivity contribution in [2.45, 2.75) is 11.9 Å². The number of aromatic nitrogens is 1. The summed E-state index contributed by atoms with van der Waals surface area (Å²) in [6.45, 7) is 0.292. The van der Waals surface area contributed by atoms with Crippen LogP contribution in [0, 0.1) is 5.82 Å². The lowest BCUT2D eigenvalue weighted by Crippen LogP contribution is -2.43. The Kier molecular flexibility index (Phi) is 6.90. The quantitative estimate of drug-likeness (QED) is 0.372. The number of para-hydroxylation sites is 1. The van der Waals surface area contributed by atoms with E-state index in [1.54, 1.807) is 71.4 Å². The van der Waals surface area contributed by atoms with Crippen molar-refractivity contribution >= 4 is 57.7 Å². The molecule has 0 radical (unpaired) electrons. The van der Waals surface area contributed by atoms with Gasteiger partial charge in [-0.3, -0.25) is 14.4 Å². The number of rotatable bonds is 6. The first-order valence-corrected chi connectivity index (χ1v) is 12.9. The Labute approximate surface area is 221 Å². The molecule has 0 bridgehead atoms. The average molecular weight is 537 g/mol. The van der Waals surface area contributed by atoms with Gasteiger partial charge in [-0.05, 0) is 18.2 Å². The van der Waals surface area contributed by atoms with Crippen LogP contribution >= 0.6 is 23.4 Å². The molecule has 0 unspecified atom stereocenters. The van der Waals surface area contributed by atoms with Crippen molar-refractivity contribution in [3.8, 4) is 11.1 Å². The molecule has 1 aliphatic rings. The lowest BCUT2D eigenvalue weighted by Gasteiger charge is -2.24. The SMILES string of the molecule is NC(=O)c1cn(CC(=O)N2CCS[C@H]2C(=O)Nc2cccc(-c3ccccc3Cl)c2F)c2ccccc12. The van der Waals surface area contributed by atoms with Gasteiger partial charge in [0.1, 0.15) is 6.54 Å². The van der Waals surface area contributed by atoms with E-state index in [2.05, 4.69) is 5.32 Å². The smallest absolute Gasteiger partial charge is 0.257 e. The minimum Gasteiger partial charge on any atom is -0.366 e. The van der Waals surface area contributed by atoms with E-state index in [1.807, 2.05) is 0 Å². The van der Waals surface area contributed by atoms with Gasteiger partial charge in [-0.25, -0.2) is 4.39 Å². The van der Waals surface area contributed by atoms with Gasteiger partial charge in [0, 0.05) is 45.5 Å². The Balaban J connectivity index is 1.35. The molecule has 1 aromatic heterocycles. The molecule has 1 saturated heterocycles. The van der Waals surface area contributed by atoms with Crippen molar-refractivity contribution in [1.29, 1.82) is 0 Å². The number of hydrogen-bond acceptors (Lipinski definition) is 4. The van der Waals surface area contributed by atoms with Gasteiger partial charge in [0.2, 0.25) is 5.91 Å². The first-order chi connectivity index (χ1) is 17.8. The third-order valence-electron chi connectivity index (χ3n) is 6.22. The molecule has 4 aromatic rings. The first-order valence-electron chi connectivity index (χ1n) is 11.5. The maximum absolute atomic E-state index is 15.3. The fourth-order valence-electron chi connectivity index (χ4n) is 4.46. The number of anilines is 1. The van der Waals surface area contributed by atoms with Gasteiger partial charge in [-0.1, -0.05) is 60.1 Å². The number of carbonyl (C=O) groups is 3. The third kappa shape index (κ3) is 4.80. The molecule has 7 nitrogen and oxygen atoms in total. The van der Waals surface area contributed by atoms with Crippen LogP contribution < -0.4 is 11.1 Å². The van der Waals surface area contributed by atoms with Crippen LogP contribution in [0.25, 0.3) is 22.0 Å². The molecule has 0 aliphatic carbocycles. The summed E-state index contributed by atoms with van der Waals surface area (Å²) in [6, 6.07) is 18.7. The molecular weight excluding hydrogens is 515 g/mol. The highest BCUT2D eigenvalue weighted by molar-refractivity contribution is 8.00. The molecule has 3 N–H and O–H groups in total. The Morgan fingerprint density at radius 2 is 1.76 bits per heavy atom. The molecule has 5 rings (SSSR count). The molecule has 0 spiro atoms. The summed E-state index contributed by atoms with van der Waals surface area (Å²) in [4.78, 5) is 39.8. The number of thioether (sulfide) groups is 1. The Bertz CT molecular complexity index is 1540. The van der Waals surface area contributed by atoms with Crippen molar-refractivity contribution in [3.63, 3.8) is 0 Å². The van der Waals surface area contributed by atoms with E-state index in [9.17, 15) is 14.4 Å². The third-order valence-corrected chi connectivity index (χ3v) is 7.75. The molecule has 0 saturated carbocycles. The summed E-state index contributed by atoms with van der Waals surface area (Å²) in [5.41, 5.74) is 7.30. The second kappa shape index (κ2) is 10.3. The molecule has 10 heteroatoms. The Hall–Kier alpha value is -3.82. The van der Waals surface area contributed by atoms with E-state index in [4.69, 9.17) is 17.3 Å². The van der Waals surface area contributed by atoms with Crippen LogP contribution in [0.5, 0.6) is 0 Å². The van der Waals surface area contributed by atoms with Crippen molar-refractivity contribution in [2.75, 3.05) is 17.6 Å². The van der Waals surface area contributed by atoms with Crippen LogP contribution in [0.1, 0.15) is 10.4 Å². The molecule has 2 heterocycles. The number of nitrogens with zero attached hydrogens (tertiary/aromatic N) is 2. The Morgan fingerprint density at radius 3 is 2.54 bits per heavy atom. The monoisotopic (exact) mass is 536 g/mol. The standard InChI is InChI=1S/C27H22ClFN4O3S/c28-20-9-3-1-6-16(20)18-8-5-10-21(24(18)29)31-26(36)27-33(12-13-37-27)23(34)15-32-14-19(25(30)35)17-7-2-4-11-22(17)32/h1-11,14,27H,12-13,15H2,(H2,30,35)(H,31,36)/t27-/m0/s1. The number of carbonyl (C=O) groups excluding carboxylic acids is 3. The molecule has 1 aliphatic heterocycles. The second-order valence-corrected chi connectivity index (χ2v) is 10.1. The van der Waals surface area contributed by atoms with Gasteiger partial charge in [-0.15, -0.1) is 11.8 Å². The summed E-state index contributed by atoms with van der Waals surface area (Å²) in [5, 5.41) is 2.86. The zero-order valence-corrected chi connectivity index (χ0v) is 21.1. The zero-order chi connectivity index (χ0) is 26.1. The number of benzene rings is 3. The number of halogens is 2. The molecule has 1 atom stereocenters. The summed E-state index contributed by atoms with van der Waals surface area (Å²) in [5.74, 6) is -1.43. The van der Waals surface area contributed by atoms with E-state index in [-0.39, 0.29) is 23.7 Å². The maximum Gasteiger partial charge on any atom is 0.257 e. The largest absolute Gasteiger partial charge is 0.366 e. The summed E-state index contributed by atoms with van der Waals surface area (Å²) in [6.07, 6.45) is 1.55. The molecule has 3 aromatic carbocycles. The van der Waals surface area contributed by atoms with Crippen LogP contribution in [-0.2, 0) is 16.1 Å². The average Bonchev–Trinajstić information content (AvgIpc) is 3.52. The molecule has 37 heavy (non-hydrogen) atoms. The lowest BCUT2D eigenvalue weighted by atomic mass is 10.0. The number of nitrogens with two attached hydrogens (primary N) is 1. The van der Waals surface area contributed by atoms with Crippen molar-refractivity contribution < 1.29 is 18.8 Å². The normalized spacial score (nSPS) is 15.2. The van der Waals surface area contributed by atoms with Gasteiger partial charge in [-0.2, -0.15) is 0 Å². The van der Waals surface area contributed by atoms with Crippen molar-refractivity contribution in [2.24, 2.45) is 5.73 Å². The van der Waals surface area contributed by atoms with Crippen LogP contribution in [-0.4, -0.2) is 44.9 Å². The molecule has 1 fully saturated rings. The topological polar surface area (TPSA) is 97.4 Å². The molecule has 3 amide bonds. The highest BCUT2D eigenvalue weighted by Crippen LogP contribution is 2.33. The van der Waals surface area contributed by atoms with E-state index in [0.29, 0.717) is 39.4 Å². The highest BCUT2D eigenvalue weighted by Gasteiger charge is 2.35. The number of primary amides is 1. The molecular formula is C27H22ClFN4O3S. The zero-order valence-electron chi connectivity index (χ0n) is 19.5. The van der Waals surface area contributed by atoms with E-state index in [0.717, 1.165) is 0 Å². The minimum absolute atomic E-state index is 0.00447. The van der Waals surface area contributed by atoms with Crippen LogP contribution in [0.15, 0.2) is 72.9 Å². The van der Waals surface area contributed by atoms with Gasteiger partial charge in [0.15, 0.2) is 11.2 Å². The first kappa shape index (κ1) is 24.9. The number of nitrogens with one attached hydrogen (secondary N) is 1. The van der Waals surface area contributed by atoms with Gasteiger partial charge in [0.05, 0.1) is 11.3 Å². The van der Waals surface area contributed by atoms with Gasteiger partial charge < -0.3 is 20.5 Å². The summed E-state index contributed by atoms with van der Waals surface area (Å²) in [7, 11) is 0. The fourth-order valence-corrected chi connectivity index (χ4v) is 5.84. The molecule has 188 valence electrons. The van der Waals surface area contributed by atoms with Crippen LogP contribution in [0.4, 0.5) is 10.1 Å². The highest BCUT2D eigenvalue weighted by atomic mass is 35.5. The minimum atomic E-state index is -0.826. The van der Waals surface area contributed by atoms with E-state index < -0.39 is 23.0 Å². The van der Waals surface area contributed by atoms with Crippen molar-refractivity contribution in [3.05, 3.63) is 89.3 Å². The predicted octanol–water partition coefficient (Wildman–Crippen LogP) is 4.74. The summed E-state index contributed by atoms with van der Waals surface area (Å²) >= 11 is 7.54. The Morgan fingerprint density at radius 1 is 1.03 bits per heavy atom. The number of fused-ring (bicyclic) bond motifs is 1. The van der Waals surface area contributed by atoms with E-state index in [1.165, 1.54) is 22.7 Å². The van der Waals surface area contributed by atoms with Crippen molar-refractivity contribution in [1.82, 2.24) is 9.47 Å². The van der Waals surface area contributed by atoms with Gasteiger partial charge >= 0.3 is 0 Å². The van der Waals surface area contributed by atoms with Gasteiger partial charge in [0.25, 0.3) is 11.8 Å². The second-order valence-electron chi connectivity index (χ2n) is 8.50. The number of hydrogen-bond donors (Lipinski definition) is 2. The summed E-state index contributed by atoms with van der Waals surface area (Å²) < 4.78 is 17.0. The van der Waals surface area contributed by atoms with Crippen LogP contribution in [0.2, 0.25) is 5.02 Å². The predicted molar refractivity (Wildman–Crippen MR) is 144 cm³/mol. The fraction of sp³-hybridized carbons (Fsp3) is 0.148. The lowest BCUT2D eigenvalue weighted by molar-refractivity contribution is -0.135. The number of amides is 3. The van der Waals surface area contributed by atoms with E-state index >= 15 is 4.39 Å². The maximum atomic E-state index is 15.3.